The lowest BCUT2D eigenvalue weighted by Gasteiger charge is -2.30. The van der Waals surface area contributed by atoms with Crippen LogP contribution in [0.3, 0.4) is 0 Å². The molecule has 0 saturated heterocycles. The second-order valence-electron chi connectivity index (χ2n) is 19.2. The van der Waals surface area contributed by atoms with Gasteiger partial charge in [0.2, 0.25) is 0 Å². The van der Waals surface area contributed by atoms with E-state index in [1.54, 1.807) is 0 Å². The van der Waals surface area contributed by atoms with E-state index in [1.807, 2.05) is 18.2 Å². The lowest BCUT2D eigenvalue weighted by atomic mass is 9.81. The molecule has 0 fully saturated rings. The van der Waals surface area contributed by atoms with E-state index in [1.165, 1.54) is 33.0 Å². The molecule has 0 saturated carbocycles. The van der Waals surface area contributed by atoms with E-state index in [0.29, 0.717) is 0 Å². The van der Waals surface area contributed by atoms with Crippen molar-refractivity contribution >= 4 is 88.8 Å². The van der Waals surface area contributed by atoms with Crippen LogP contribution in [0.15, 0.2) is 251 Å². The quantitative estimate of drug-likeness (QED) is 0.152. The molecule has 2 aromatic heterocycles. The maximum Gasteiger partial charge on any atom is 0.143 e. The molecule has 336 valence electrons. The van der Waals surface area contributed by atoms with Crippen LogP contribution in [0.25, 0.3) is 88.0 Å². The molecule has 2 heterocycles. The number of para-hydroxylation sites is 6. The molecule has 11 aromatic carbocycles. The van der Waals surface area contributed by atoms with Gasteiger partial charge < -0.3 is 18.6 Å². The van der Waals surface area contributed by atoms with E-state index >= 15 is 0 Å². The van der Waals surface area contributed by atoms with Crippen molar-refractivity contribution in [1.82, 2.24) is 0 Å². The van der Waals surface area contributed by atoms with Crippen molar-refractivity contribution < 1.29 is 8.83 Å². The summed E-state index contributed by atoms with van der Waals surface area (Å²) < 4.78 is 13.1. The third kappa shape index (κ3) is 6.45. The van der Waals surface area contributed by atoms with Gasteiger partial charge in [-0.3, -0.25) is 0 Å². The third-order valence-corrected chi connectivity index (χ3v) is 14.8. The molecular weight excluding hydrogens is 865 g/mol. The van der Waals surface area contributed by atoms with Gasteiger partial charge in [0.25, 0.3) is 0 Å². The standard InChI is InChI=1S/C67H46N2O2/c1-67(2)59-41-49(68(45-21-5-3-6-22-45)47-25-15-19-43(39-47)50-31-17-33-56-53-28-11-13-35-62(53)70-65(50)56)37-38-58(59)64-55-30-10-9-27-52(55)61(42-60(64)67)69(46-23-7-4-8-24-46)48-26-16-20-44(40-48)51-32-18-34-57-54-29-12-14-36-63(54)71-66(51)57/h3-42H,1-2H3. The average Bonchev–Trinajstić information content (AvgIpc) is 4.07. The van der Waals surface area contributed by atoms with Crippen molar-refractivity contribution in [2.24, 2.45) is 0 Å². The summed E-state index contributed by atoms with van der Waals surface area (Å²) in [6, 6.07) is 87.3. The van der Waals surface area contributed by atoms with Crippen LogP contribution in [0.5, 0.6) is 0 Å². The van der Waals surface area contributed by atoms with E-state index in [9.17, 15) is 0 Å². The Morgan fingerprint density at radius 3 is 1.35 bits per heavy atom. The van der Waals surface area contributed by atoms with Crippen molar-refractivity contribution in [2.75, 3.05) is 9.80 Å². The first-order valence-electron chi connectivity index (χ1n) is 24.4. The van der Waals surface area contributed by atoms with Gasteiger partial charge in [0.1, 0.15) is 22.3 Å². The minimum Gasteiger partial charge on any atom is -0.455 e. The Labute approximate surface area is 411 Å². The minimum atomic E-state index is -0.345. The van der Waals surface area contributed by atoms with Crippen molar-refractivity contribution in [1.29, 1.82) is 0 Å². The molecule has 0 radical (unpaired) electrons. The van der Waals surface area contributed by atoms with Crippen LogP contribution < -0.4 is 9.80 Å². The number of fused-ring (bicyclic) bond motifs is 11. The first kappa shape index (κ1) is 40.9. The molecule has 0 amide bonds. The predicted octanol–water partition coefficient (Wildman–Crippen LogP) is 19.2. The summed E-state index contributed by atoms with van der Waals surface area (Å²) in [5.41, 5.74) is 19.3. The molecule has 1 aliphatic rings. The molecule has 0 spiro atoms. The van der Waals surface area contributed by atoms with Gasteiger partial charge >= 0.3 is 0 Å². The lowest BCUT2D eigenvalue weighted by molar-refractivity contribution is 0.661. The monoisotopic (exact) mass is 910 g/mol. The van der Waals surface area contributed by atoms with Crippen molar-refractivity contribution in [3.63, 3.8) is 0 Å². The summed E-state index contributed by atoms with van der Waals surface area (Å²) in [6.07, 6.45) is 0. The molecule has 0 aliphatic heterocycles. The second-order valence-corrected chi connectivity index (χ2v) is 19.2. The zero-order valence-corrected chi connectivity index (χ0v) is 39.3. The summed E-state index contributed by atoms with van der Waals surface area (Å²) in [6.45, 7) is 4.78. The van der Waals surface area contributed by atoms with Crippen LogP contribution in [-0.2, 0) is 5.41 Å². The van der Waals surface area contributed by atoms with Crippen molar-refractivity contribution in [3.05, 3.63) is 254 Å². The van der Waals surface area contributed by atoms with Gasteiger partial charge in [-0.15, -0.1) is 0 Å². The summed E-state index contributed by atoms with van der Waals surface area (Å²) in [7, 11) is 0. The van der Waals surface area contributed by atoms with Gasteiger partial charge in [0.15, 0.2) is 0 Å². The fourth-order valence-corrected chi connectivity index (χ4v) is 11.5. The van der Waals surface area contributed by atoms with Crippen LogP contribution in [-0.4, -0.2) is 0 Å². The number of hydrogen-bond donors (Lipinski definition) is 0. The van der Waals surface area contributed by atoms with E-state index in [0.717, 1.165) is 100 Å². The predicted molar refractivity (Wildman–Crippen MR) is 296 cm³/mol. The minimum absolute atomic E-state index is 0.345. The molecule has 1 aliphatic carbocycles. The summed E-state index contributed by atoms with van der Waals surface area (Å²) >= 11 is 0. The van der Waals surface area contributed by atoms with E-state index in [4.69, 9.17) is 8.83 Å². The van der Waals surface area contributed by atoms with Gasteiger partial charge in [-0.2, -0.15) is 0 Å². The van der Waals surface area contributed by atoms with Crippen LogP contribution in [0.1, 0.15) is 25.0 Å². The van der Waals surface area contributed by atoms with E-state index in [-0.39, 0.29) is 5.41 Å². The maximum absolute atomic E-state index is 6.57. The largest absolute Gasteiger partial charge is 0.455 e. The first-order chi connectivity index (χ1) is 35.0. The van der Waals surface area contributed by atoms with Crippen LogP contribution in [0.2, 0.25) is 0 Å². The molecule has 4 heteroatoms. The smallest absolute Gasteiger partial charge is 0.143 e. The van der Waals surface area contributed by atoms with Crippen LogP contribution in [0.4, 0.5) is 34.1 Å². The Morgan fingerprint density at radius 1 is 0.310 bits per heavy atom. The summed E-state index contributed by atoms with van der Waals surface area (Å²) in [5, 5.41) is 6.92. The zero-order chi connectivity index (χ0) is 47.2. The first-order valence-corrected chi connectivity index (χ1v) is 24.4. The third-order valence-electron chi connectivity index (χ3n) is 14.8. The number of rotatable bonds is 8. The topological polar surface area (TPSA) is 32.8 Å². The molecule has 4 nitrogen and oxygen atoms in total. The molecule has 0 unspecified atom stereocenters. The number of anilines is 6. The highest BCUT2D eigenvalue weighted by atomic mass is 16.3. The Balaban J connectivity index is 0.909. The number of hydrogen-bond acceptors (Lipinski definition) is 4. The number of benzene rings is 11. The normalized spacial score (nSPS) is 12.8. The molecule has 0 atom stereocenters. The van der Waals surface area contributed by atoms with E-state index in [2.05, 4.69) is 248 Å². The number of nitrogens with zero attached hydrogens (tertiary/aromatic N) is 2. The highest BCUT2D eigenvalue weighted by Gasteiger charge is 2.39. The SMILES string of the molecule is CC1(C)c2cc(N(c3ccccc3)c3cccc(-c4cccc5c4oc4ccccc45)c3)ccc2-c2c1cc(N(c1ccccc1)c1cccc(-c3cccc4c3oc3ccccc34)c1)c1ccccc21. The summed E-state index contributed by atoms with van der Waals surface area (Å²) in [4.78, 5) is 4.83. The maximum atomic E-state index is 6.57. The average molecular weight is 911 g/mol. The Kier molecular flexibility index (Phi) is 9.21. The van der Waals surface area contributed by atoms with E-state index < -0.39 is 0 Å². The molecule has 0 bridgehead atoms. The van der Waals surface area contributed by atoms with Gasteiger partial charge in [0.05, 0.1) is 5.69 Å². The molecule has 0 N–H and O–H groups in total. The van der Waals surface area contributed by atoms with Gasteiger partial charge in [0, 0.05) is 71.9 Å². The van der Waals surface area contributed by atoms with Crippen molar-refractivity contribution in [2.45, 2.75) is 19.3 Å². The second kappa shape index (κ2) is 16.0. The summed E-state index contributed by atoms with van der Waals surface area (Å²) in [5.74, 6) is 0. The Bertz CT molecular complexity index is 4220. The fourth-order valence-electron chi connectivity index (χ4n) is 11.5. The van der Waals surface area contributed by atoms with Crippen molar-refractivity contribution in [3.8, 4) is 33.4 Å². The van der Waals surface area contributed by atoms with Crippen LogP contribution in [0, 0.1) is 0 Å². The lowest BCUT2D eigenvalue weighted by Crippen LogP contribution is -2.18. The molecule has 13 aromatic rings. The van der Waals surface area contributed by atoms with Gasteiger partial charge in [-0.25, -0.2) is 0 Å². The fraction of sp³-hybridized carbons (Fsp3) is 0.0448. The zero-order valence-electron chi connectivity index (χ0n) is 39.3. The Hall–Kier alpha value is -9.12. The van der Waals surface area contributed by atoms with Gasteiger partial charge in [-0.1, -0.05) is 178 Å². The number of furan rings is 2. The highest BCUT2D eigenvalue weighted by molar-refractivity contribution is 6.13. The highest BCUT2D eigenvalue weighted by Crippen LogP contribution is 2.56. The Morgan fingerprint density at radius 2 is 0.761 bits per heavy atom. The van der Waals surface area contributed by atoms with Crippen LogP contribution >= 0.6 is 0 Å². The molecular formula is C67H46N2O2. The molecule has 14 rings (SSSR count). The molecule has 71 heavy (non-hydrogen) atoms. The van der Waals surface area contributed by atoms with Gasteiger partial charge in [-0.05, 0) is 118 Å².